The van der Waals surface area contributed by atoms with Gasteiger partial charge in [-0.2, -0.15) is 0 Å². The van der Waals surface area contributed by atoms with Gasteiger partial charge in [-0.3, -0.25) is 19.4 Å². The van der Waals surface area contributed by atoms with Crippen LogP contribution in [0.2, 0.25) is 0 Å². The summed E-state index contributed by atoms with van der Waals surface area (Å²) in [5.41, 5.74) is 0.598. The normalized spacial score (nSPS) is 16.6. The maximum atomic E-state index is 12.9. The van der Waals surface area contributed by atoms with Crippen molar-refractivity contribution in [1.82, 2.24) is 14.9 Å². The summed E-state index contributed by atoms with van der Waals surface area (Å²) in [5.74, 6) is -1.20. The number of rotatable bonds is 5. The van der Waals surface area contributed by atoms with Crippen molar-refractivity contribution < 1.29 is 19.1 Å². The first kappa shape index (κ1) is 19.0. The van der Waals surface area contributed by atoms with Gasteiger partial charge in [-0.05, 0) is 31.2 Å². The minimum Gasteiger partial charge on any atom is -0.466 e. The van der Waals surface area contributed by atoms with E-state index < -0.39 is 5.91 Å². The van der Waals surface area contributed by atoms with E-state index >= 15 is 0 Å². The molecule has 142 valence electrons. The van der Waals surface area contributed by atoms with Crippen LogP contribution in [0.5, 0.6) is 0 Å². The predicted octanol–water partition coefficient (Wildman–Crippen LogP) is 2.21. The van der Waals surface area contributed by atoms with E-state index in [0.29, 0.717) is 36.7 Å². The molecule has 1 N–H and O–H groups in total. The summed E-state index contributed by atoms with van der Waals surface area (Å²) in [5, 5.41) is 4.45. The number of hydrogen-bond acceptors (Lipinski definition) is 7. The maximum Gasteiger partial charge on any atom is 0.310 e. The van der Waals surface area contributed by atoms with Gasteiger partial charge in [0, 0.05) is 25.5 Å². The molecule has 1 aliphatic rings. The van der Waals surface area contributed by atoms with Gasteiger partial charge in [-0.25, -0.2) is 4.98 Å². The zero-order valence-electron chi connectivity index (χ0n) is 14.9. The Morgan fingerprint density at radius 2 is 2.22 bits per heavy atom. The lowest BCUT2D eigenvalue weighted by atomic mass is 9.98. The molecule has 9 heteroatoms. The molecule has 1 aliphatic heterocycles. The van der Waals surface area contributed by atoms with Crippen molar-refractivity contribution in [2.24, 2.45) is 5.92 Å². The molecule has 1 atom stereocenters. The summed E-state index contributed by atoms with van der Waals surface area (Å²) in [6.07, 6.45) is 5.72. The van der Waals surface area contributed by atoms with Gasteiger partial charge in [-0.15, -0.1) is 11.3 Å². The zero-order chi connectivity index (χ0) is 19.2. The molecule has 0 spiro atoms. The fraction of sp³-hybridized carbons (Fsp3) is 0.389. The number of carbonyl (C=O) groups excluding carboxylic acids is 3. The molecule has 2 aromatic rings. The summed E-state index contributed by atoms with van der Waals surface area (Å²) in [4.78, 5) is 47.1. The summed E-state index contributed by atoms with van der Waals surface area (Å²) < 4.78 is 5.08. The van der Waals surface area contributed by atoms with Crippen LogP contribution in [0.4, 0.5) is 5.69 Å². The molecule has 0 unspecified atom stereocenters. The number of carbonyl (C=O) groups is 3. The third-order valence-corrected chi connectivity index (χ3v) is 5.13. The van der Waals surface area contributed by atoms with Crippen LogP contribution in [0.1, 0.15) is 39.9 Å². The van der Waals surface area contributed by atoms with E-state index in [-0.39, 0.29) is 23.5 Å². The first-order chi connectivity index (χ1) is 13.1. The Morgan fingerprint density at radius 3 is 2.96 bits per heavy atom. The molecule has 3 rings (SSSR count). The SMILES string of the molecule is CCOC(=O)[C@H]1CCCN(C(=O)c2sccc2NC(=O)c2cnccn2)C1. The van der Waals surface area contributed by atoms with E-state index in [1.165, 1.54) is 29.9 Å². The smallest absolute Gasteiger partial charge is 0.310 e. The van der Waals surface area contributed by atoms with Crippen molar-refractivity contribution in [3.63, 3.8) is 0 Å². The minimum absolute atomic E-state index is 0.169. The van der Waals surface area contributed by atoms with Gasteiger partial charge in [0.15, 0.2) is 0 Å². The van der Waals surface area contributed by atoms with Crippen LogP contribution in [-0.4, -0.2) is 52.3 Å². The summed E-state index contributed by atoms with van der Waals surface area (Å²) in [7, 11) is 0. The van der Waals surface area contributed by atoms with Crippen molar-refractivity contribution >= 4 is 34.8 Å². The standard InChI is InChI=1S/C18H20N4O4S/c1-2-26-18(25)12-4-3-8-22(11-12)17(24)15-13(5-9-27-15)21-16(23)14-10-19-6-7-20-14/h5-7,9-10,12H,2-4,8,11H2,1H3,(H,21,23)/t12-/m0/s1. The van der Waals surface area contributed by atoms with E-state index in [1.54, 1.807) is 23.3 Å². The van der Waals surface area contributed by atoms with Gasteiger partial charge in [0.05, 0.1) is 24.4 Å². The molecule has 8 nitrogen and oxygen atoms in total. The number of thiophene rings is 1. The van der Waals surface area contributed by atoms with Crippen molar-refractivity contribution in [2.75, 3.05) is 25.0 Å². The number of nitrogens with zero attached hydrogens (tertiary/aromatic N) is 3. The molecule has 1 fully saturated rings. The van der Waals surface area contributed by atoms with E-state index in [0.717, 1.165) is 6.42 Å². The molecule has 2 aromatic heterocycles. The Kier molecular flexibility index (Phi) is 6.12. The highest BCUT2D eigenvalue weighted by molar-refractivity contribution is 7.12. The van der Waals surface area contributed by atoms with Crippen LogP contribution in [-0.2, 0) is 9.53 Å². The molecule has 1 saturated heterocycles. The second kappa shape index (κ2) is 8.72. The molecule has 3 heterocycles. The number of likely N-dealkylation sites (tertiary alicyclic amines) is 1. The topological polar surface area (TPSA) is 101 Å². The summed E-state index contributed by atoms with van der Waals surface area (Å²) in [6.45, 7) is 2.99. The van der Waals surface area contributed by atoms with E-state index in [2.05, 4.69) is 15.3 Å². The van der Waals surface area contributed by atoms with Crippen LogP contribution in [0.15, 0.2) is 30.0 Å². The number of amides is 2. The van der Waals surface area contributed by atoms with Gasteiger partial charge in [0.25, 0.3) is 11.8 Å². The number of aromatic nitrogens is 2. The lowest BCUT2D eigenvalue weighted by Gasteiger charge is -2.31. The van der Waals surface area contributed by atoms with Gasteiger partial charge in [0.1, 0.15) is 10.6 Å². The molecule has 0 aliphatic carbocycles. The fourth-order valence-corrected chi connectivity index (χ4v) is 3.75. The minimum atomic E-state index is -0.432. The van der Waals surface area contributed by atoms with Crippen molar-refractivity contribution in [2.45, 2.75) is 19.8 Å². The molecular formula is C18H20N4O4S. The maximum absolute atomic E-state index is 12.9. The third kappa shape index (κ3) is 4.48. The van der Waals surface area contributed by atoms with Crippen LogP contribution < -0.4 is 5.32 Å². The van der Waals surface area contributed by atoms with Gasteiger partial charge < -0.3 is 15.0 Å². The average Bonchev–Trinajstić information content (AvgIpc) is 3.16. The number of hydrogen-bond donors (Lipinski definition) is 1. The van der Waals surface area contributed by atoms with Crippen LogP contribution in [0, 0.1) is 5.92 Å². The summed E-state index contributed by atoms with van der Waals surface area (Å²) >= 11 is 1.25. The van der Waals surface area contributed by atoms with Crippen LogP contribution in [0.25, 0.3) is 0 Å². The lowest BCUT2D eigenvalue weighted by molar-refractivity contribution is -0.149. The number of esters is 1. The van der Waals surface area contributed by atoms with Gasteiger partial charge in [-0.1, -0.05) is 0 Å². The second-order valence-corrected chi connectivity index (χ2v) is 6.97. The monoisotopic (exact) mass is 388 g/mol. The predicted molar refractivity (Wildman–Crippen MR) is 99.6 cm³/mol. The van der Waals surface area contributed by atoms with Crippen molar-refractivity contribution in [1.29, 1.82) is 0 Å². The first-order valence-corrected chi connectivity index (χ1v) is 9.59. The van der Waals surface area contributed by atoms with Crippen LogP contribution >= 0.6 is 11.3 Å². The number of anilines is 1. The van der Waals surface area contributed by atoms with Crippen molar-refractivity contribution in [3.8, 4) is 0 Å². The molecule has 0 saturated carbocycles. The highest BCUT2D eigenvalue weighted by Crippen LogP contribution is 2.27. The number of nitrogens with one attached hydrogen (secondary N) is 1. The fourth-order valence-electron chi connectivity index (χ4n) is 2.93. The third-order valence-electron chi connectivity index (χ3n) is 4.23. The molecule has 0 aromatic carbocycles. The highest BCUT2D eigenvalue weighted by atomic mass is 32.1. The Hall–Kier alpha value is -2.81. The molecule has 0 bridgehead atoms. The lowest BCUT2D eigenvalue weighted by Crippen LogP contribution is -2.42. The molecular weight excluding hydrogens is 368 g/mol. The second-order valence-electron chi connectivity index (χ2n) is 6.05. The molecule has 2 amide bonds. The van der Waals surface area contributed by atoms with E-state index in [9.17, 15) is 14.4 Å². The molecule has 27 heavy (non-hydrogen) atoms. The van der Waals surface area contributed by atoms with E-state index in [1.807, 2.05) is 0 Å². The number of piperidine rings is 1. The Morgan fingerprint density at radius 1 is 1.37 bits per heavy atom. The largest absolute Gasteiger partial charge is 0.466 e. The highest BCUT2D eigenvalue weighted by Gasteiger charge is 2.31. The quantitative estimate of drug-likeness (QED) is 0.788. The Balaban J connectivity index is 1.70. The van der Waals surface area contributed by atoms with Crippen LogP contribution in [0.3, 0.4) is 0 Å². The molecule has 0 radical (unpaired) electrons. The van der Waals surface area contributed by atoms with Gasteiger partial charge in [0.2, 0.25) is 0 Å². The van der Waals surface area contributed by atoms with E-state index in [4.69, 9.17) is 4.74 Å². The Bertz CT molecular complexity index is 824. The number of ether oxygens (including phenoxy) is 1. The average molecular weight is 388 g/mol. The van der Waals surface area contributed by atoms with Gasteiger partial charge >= 0.3 is 5.97 Å². The zero-order valence-corrected chi connectivity index (χ0v) is 15.7. The first-order valence-electron chi connectivity index (χ1n) is 8.71. The Labute approximate surface area is 160 Å². The van der Waals surface area contributed by atoms with Crippen molar-refractivity contribution in [3.05, 3.63) is 40.6 Å². The summed E-state index contributed by atoms with van der Waals surface area (Å²) in [6, 6.07) is 1.68.